The number of nitrogens with one attached hydrogen (secondary N) is 3. The second-order valence-electron chi connectivity index (χ2n) is 14.9. The number of hydrogen-bond donors (Lipinski definition) is 3. The predicted molar refractivity (Wildman–Crippen MR) is 214 cm³/mol. The van der Waals surface area contributed by atoms with Gasteiger partial charge in [-0.15, -0.1) is 0 Å². The molecule has 14 nitrogen and oxygen atoms in total. The molecule has 306 valence electrons. The fourth-order valence-electron chi connectivity index (χ4n) is 7.33. The average molecular weight is 820 g/mol. The summed E-state index contributed by atoms with van der Waals surface area (Å²) in [6.07, 6.45) is -2.09. The fraction of sp³-hybridized carbons (Fsp3) is 0.425. The first-order valence-corrected chi connectivity index (χ1v) is 19.3. The SMILES string of the molecule is CCc1cc(N2C(=S)N(c3ccc(C#N)c(C(F)(F)F)c3)C(=O)C2(C)C)cnc1OCCN1CCN(CC(=O)Nc2cccc(NC3CCC(=O)NC3=O)c2)[C@H](C)C1. The van der Waals surface area contributed by atoms with E-state index in [0.29, 0.717) is 62.0 Å². The first-order valence-electron chi connectivity index (χ1n) is 18.9. The van der Waals surface area contributed by atoms with Crippen LogP contribution >= 0.6 is 12.2 Å². The minimum Gasteiger partial charge on any atom is -0.476 e. The third kappa shape index (κ3) is 9.06. The number of pyridine rings is 1. The molecule has 0 saturated carbocycles. The zero-order valence-electron chi connectivity index (χ0n) is 32.5. The molecule has 0 bridgehead atoms. The van der Waals surface area contributed by atoms with E-state index in [4.69, 9.17) is 17.0 Å². The largest absolute Gasteiger partial charge is 0.476 e. The summed E-state index contributed by atoms with van der Waals surface area (Å²) in [4.78, 5) is 61.8. The van der Waals surface area contributed by atoms with Crippen LogP contribution in [0.1, 0.15) is 57.2 Å². The summed E-state index contributed by atoms with van der Waals surface area (Å²) in [5.74, 6) is -0.939. The Bertz CT molecular complexity index is 2160. The van der Waals surface area contributed by atoms with Crippen molar-refractivity contribution in [1.29, 1.82) is 5.26 Å². The van der Waals surface area contributed by atoms with Crippen molar-refractivity contribution in [1.82, 2.24) is 20.1 Å². The molecule has 3 aliphatic rings. The van der Waals surface area contributed by atoms with Crippen LogP contribution in [0.25, 0.3) is 0 Å². The molecule has 0 radical (unpaired) electrons. The number of hydrogen-bond acceptors (Lipinski definition) is 11. The topological polar surface area (TPSA) is 163 Å². The molecule has 6 rings (SSSR count). The van der Waals surface area contributed by atoms with Crippen molar-refractivity contribution < 1.29 is 37.1 Å². The van der Waals surface area contributed by atoms with Gasteiger partial charge in [0.05, 0.1) is 41.3 Å². The van der Waals surface area contributed by atoms with Crippen molar-refractivity contribution in [2.75, 3.05) is 59.8 Å². The smallest absolute Gasteiger partial charge is 0.417 e. The van der Waals surface area contributed by atoms with E-state index < -0.39 is 34.8 Å². The van der Waals surface area contributed by atoms with Crippen molar-refractivity contribution in [3.63, 3.8) is 0 Å². The lowest BCUT2D eigenvalue weighted by Gasteiger charge is -2.39. The van der Waals surface area contributed by atoms with E-state index in [2.05, 4.69) is 37.7 Å². The molecular formula is C40H44F3N9O5S. The lowest BCUT2D eigenvalue weighted by molar-refractivity contribution is -0.138. The highest BCUT2D eigenvalue weighted by Gasteiger charge is 2.51. The van der Waals surface area contributed by atoms with Gasteiger partial charge in [-0.05, 0) is 88.3 Å². The highest BCUT2D eigenvalue weighted by atomic mass is 32.1. The van der Waals surface area contributed by atoms with Gasteiger partial charge in [-0.3, -0.25) is 39.2 Å². The van der Waals surface area contributed by atoms with E-state index in [0.717, 1.165) is 29.1 Å². The summed E-state index contributed by atoms with van der Waals surface area (Å²) >= 11 is 5.68. The number of piperidine rings is 1. The second kappa shape index (κ2) is 17.1. The highest BCUT2D eigenvalue weighted by Crippen LogP contribution is 2.40. The summed E-state index contributed by atoms with van der Waals surface area (Å²) in [7, 11) is 0. The van der Waals surface area contributed by atoms with Crippen molar-refractivity contribution >= 4 is 63.7 Å². The Hall–Kier alpha value is -5.64. The molecule has 0 aliphatic carbocycles. The number of rotatable bonds is 12. The molecule has 1 aromatic heterocycles. The first kappa shape index (κ1) is 42.0. The normalized spacial score (nSPS) is 20.2. The van der Waals surface area contributed by atoms with Gasteiger partial charge in [-0.1, -0.05) is 13.0 Å². The summed E-state index contributed by atoms with van der Waals surface area (Å²) in [5.41, 5.74) is -0.595. The molecule has 18 heteroatoms. The standard InChI is InChI=1S/C40H44F3N9O5S/c1-5-25-17-30(52-38(58)51(37(56)39(52,3)4)29-10-9-26(20-44)31(19-29)40(41,42)43)21-45-36(25)57-16-15-49-13-14-50(24(2)22-49)23-34(54)47-28-8-6-7-27(18-28)46-32-11-12-33(53)48-35(32)55/h6-10,17-19,21,24,32,46H,5,11-16,22-23H2,1-4H3,(H,47,54)(H,48,53,55)/t24-,32?/m1/s1. The monoisotopic (exact) mass is 819 g/mol. The first-order chi connectivity index (χ1) is 27.5. The van der Waals surface area contributed by atoms with Crippen molar-refractivity contribution in [3.8, 4) is 11.9 Å². The van der Waals surface area contributed by atoms with Crippen LogP contribution in [0.5, 0.6) is 5.88 Å². The maximum atomic E-state index is 13.8. The lowest BCUT2D eigenvalue weighted by Crippen LogP contribution is -2.54. The molecule has 2 atom stereocenters. The zero-order valence-corrected chi connectivity index (χ0v) is 33.3. The molecule has 4 heterocycles. The number of carbonyl (C=O) groups excluding carboxylic acids is 4. The number of aromatic nitrogens is 1. The molecule has 2 aromatic carbocycles. The number of aryl methyl sites for hydroxylation is 1. The van der Waals surface area contributed by atoms with E-state index >= 15 is 0 Å². The van der Waals surface area contributed by atoms with Gasteiger partial charge in [0, 0.05) is 55.6 Å². The summed E-state index contributed by atoms with van der Waals surface area (Å²) in [6.45, 7) is 10.5. The number of ether oxygens (including phenoxy) is 1. The Labute approximate surface area is 339 Å². The van der Waals surface area contributed by atoms with Gasteiger partial charge < -0.3 is 20.3 Å². The summed E-state index contributed by atoms with van der Waals surface area (Å²) < 4.78 is 47.4. The van der Waals surface area contributed by atoms with Gasteiger partial charge in [-0.2, -0.15) is 18.4 Å². The van der Waals surface area contributed by atoms with Crippen LogP contribution in [-0.4, -0.2) is 100 Å². The van der Waals surface area contributed by atoms with Crippen LogP contribution in [-0.2, 0) is 31.8 Å². The Morgan fingerprint density at radius 2 is 1.86 bits per heavy atom. The minimum atomic E-state index is -4.81. The van der Waals surface area contributed by atoms with E-state index in [1.165, 1.54) is 12.3 Å². The number of anilines is 4. The van der Waals surface area contributed by atoms with Gasteiger partial charge in [-0.25, -0.2) is 4.98 Å². The average Bonchev–Trinajstić information content (AvgIpc) is 3.35. The van der Waals surface area contributed by atoms with E-state index in [9.17, 15) is 37.6 Å². The third-order valence-corrected chi connectivity index (χ3v) is 10.8. The molecule has 3 aromatic rings. The molecule has 3 saturated heterocycles. The van der Waals surface area contributed by atoms with Gasteiger partial charge in [0.2, 0.25) is 23.6 Å². The number of piperazine rings is 1. The fourth-order valence-corrected chi connectivity index (χ4v) is 7.86. The molecule has 1 unspecified atom stereocenters. The lowest BCUT2D eigenvalue weighted by atomic mass is 10.0. The third-order valence-electron chi connectivity index (χ3n) is 10.5. The number of amides is 4. The number of halogens is 3. The van der Waals surface area contributed by atoms with Gasteiger partial charge in [0.25, 0.3) is 5.91 Å². The summed E-state index contributed by atoms with van der Waals surface area (Å²) in [5, 5.41) is 17.6. The van der Waals surface area contributed by atoms with Crippen molar-refractivity contribution in [2.24, 2.45) is 0 Å². The quantitative estimate of drug-likeness (QED) is 0.171. The van der Waals surface area contributed by atoms with Gasteiger partial charge in [0.15, 0.2) is 5.11 Å². The number of imide groups is 1. The number of nitriles is 1. The molecule has 3 fully saturated rings. The molecular weight excluding hydrogens is 776 g/mol. The molecule has 3 N–H and O–H groups in total. The van der Waals surface area contributed by atoms with Crippen LogP contribution in [0, 0.1) is 11.3 Å². The minimum absolute atomic E-state index is 0.0235. The number of carbonyl (C=O) groups is 4. The van der Waals surface area contributed by atoms with E-state index in [1.54, 1.807) is 49.1 Å². The maximum Gasteiger partial charge on any atom is 0.417 e. The Kier molecular flexibility index (Phi) is 12.4. The van der Waals surface area contributed by atoms with Crippen LogP contribution in [0.15, 0.2) is 54.7 Å². The number of benzene rings is 2. The Morgan fingerprint density at radius 1 is 1.10 bits per heavy atom. The maximum absolute atomic E-state index is 13.8. The molecule has 3 aliphatic heterocycles. The van der Waals surface area contributed by atoms with E-state index in [1.807, 2.05) is 13.0 Å². The van der Waals surface area contributed by atoms with Crippen LogP contribution in [0.2, 0.25) is 0 Å². The molecule has 58 heavy (non-hydrogen) atoms. The molecule has 4 amide bonds. The van der Waals surface area contributed by atoms with Crippen LogP contribution in [0.3, 0.4) is 0 Å². The predicted octanol–water partition coefficient (Wildman–Crippen LogP) is 4.69. The van der Waals surface area contributed by atoms with Crippen molar-refractivity contribution in [2.45, 2.75) is 70.8 Å². The summed E-state index contributed by atoms with van der Waals surface area (Å²) in [6, 6.07) is 13.1. The second-order valence-corrected chi connectivity index (χ2v) is 15.3. The highest BCUT2D eigenvalue weighted by molar-refractivity contribution is 7.81. The number of nitrogens with zero attached hydrogens (tertiary/aromatic N) is 6. The Balaban J connectivity index is 1.01. The van der Waals surface area contributed by atoms with E-state index in [-0.39, 0.29) is 47.5 Å². The number of thiocarbonyl (C=S) groups is 1. The van der Waals surface area contributed by atoms with Crippen LogP contribution < -0.4 is 30.5 Å². The zero-order chi connectivity index (χ0) is 41.9. The molecule has 0 spiro atoms. The van der Waals surface area contributed by atoms with Gasteiger partial charge in [0.1, 0.15) is 18.2 Å². The van der Waals surface area contributed by atoms with Crippen LogP contribution in [0.4, 0.5) is 35.9 Å². The van der Waals surface area contributed by atoms with Gasteiger partial charge >= 0.3 is 6.18 Å². The Morgan fingerprint density at radius 3 is 2.55 bits per heavy atom. The number of alkyl halides is 3. The van der Waals surface area contributed by atoms with Crippen molar-refractivity contribution in [3.05, 3.63) is 71.4 Å².